The van der Waals surface area contributed by atoms with Gasteiger partial charge in [0.15, 0.2) is 15.7 Å². The van der Waals surface area contributed by atoms with Gasteiger partial charge in [0.05, 0.1) is 12.0 Å². The van der Waals surface area contributed by atoms with Crippen LogP contribution in [0, 0.1) is 0 Å². The zero-order chi connectivity index (χ0) is 21.8. The van der Waals surface area contributed by atoms with Crippen molar-refractivity contribution in [2.75, 3.05) is 19.9 Å². The zero-order valence-electron chi connectivity index (χ0n) is 15.1. The van der Waals surface area contributed by atoms with E-state index in [-0.39, 0.29) is 21.4 Å². The molecule has 0 saturated heterocycles. The van der Waals surface area contributed by atoms with E-state index >= 15 is 0 Å². The van der Waals surface area contributed by atoms with E-state index in [0.717, 1.165) is 24.9 Å². The molecule has 0 fully saturated rings. The number of carbonyl (C=O) groups is 1. The number of aromatic nitrogens is 2. The highest BCUT2D eigenvalue weighted by atomic mass is 32.2. The largest absolute Gasteiger partial charge is 0.468 e. The van der Waals surface area contributed by atoms with Gasteiger partial charge in [-0.15, -0.1) is 0 Å². The number of alkyl halides is 3. The molecular formula is C16H15F3N4O4S2. The standard InChI is InChI=1S/C16H15F3N4O4S2/c1-27-13(24)8-21-11(7-12(20)16(17,18)19)14-22-15(28-23-14)9-4-3-5-10(6-9)29(2,25)26/h3-7H,8,20H2,1-2H3. The number of rotatable bonds is 6. The molecule has 0 saturated carbocycles. The van der Waals surface area contributed by atoms with Gasteiger partial charge in [0, 0.05) is 11.8 Å². The molecule has 0 atom stereocenters. The molecule has 0 radical (unpaired) electrons. The molecule has 0 bridgehead atoms. The monoisotopic (exact) mass is 448 g/mol. The van der Waals surface area contributed by atoms with Crippen LogP contribution >= 0.6 is 11.5 Å². The molecule has 8 nitrogen and oxygen atoms in total. The zero-order valence-corrected chi connectivity index (χ0v) is 16.7. The average Bonchev–Trinajstić information content (AvgIpc) is 3.13. The molecule has 1 aromatic carbocycles. The number of ether oxygens (including phenoxy) is 1. The molecular weight excluding hydrogens is 433 g/mol. The maximum absolute atomic E-state index is 12.8. The SMILES string of the molecule is COC(=O)CN=C(C=C(N)C(F)(F)F)c1nsc(-c2cccc(S(C)(=O)=O)c2)n1. The maximum atomic E-state index is 12.8. The van der Waals surface area contributed by atoms with Crippen molar-refractivity contribution in [2.24, 2.45) is 10.7 Å². The number of allylic oxidation sites excluding steroid dienone is 2. The summed E-state index contributed by atoms with van der Waals surface area (Å²) < 4.78 is 70.1. The number of methoxy groups -OCH3 is 1. The van der Waals surface area contributed by atoms with Gasteiger partial charge < -0.3 is 10.5 Å². The van der Waals surface area contributed by atoms with Crippen molar-refractivity contribution in [1.29, 1.82) is 0 Å². The minimum atomic E-state index is -4.81. The van der Waals surface area contributed by atoms with E-state index in [4.69, 9.17) is 5.73 Å². The van der Waals surface area contributed by atoms with Gasteiger partial charge in [-0.3, -0.25) is 9.79 Å². The number of hydrogen-bond acceptors (Lipinski definition) is 9. The van der Waals surface area contributed by atoms with Gasteiger partial charge in [-0.2, -0.15) is 17.5 Å². The van der Waals surface area contributed by atoms with Crippen LogP contribution in [0.4, 0.5) is 13.2 Å². The Morgan fingerprint density at radius 1 is 1.38 bits per heavy atom. The normalized spacial score (nSPS) is 13.4. The molecule has 1 aromatic heterocycles. The number of carbonyl (C=O) groups excluding carboxylic acids is 1. The number of nitrogens with zero attached hydrogens (tertiary/aromatic N) is 3. The summed E-state index contributed by atoms with van der Waals surface area (Å²) in [6.45, 7) is -0.564. The summed E-state index contributed by atoms with van der Waals surface area (Å²) in [7, 11) is -2.36. The average molecular weight is 448 g/mol. The molecule has 0 unspecified atom stereocenters. The quantitative estimate of drug-likeness (QED) is 0.529. The van der Waals surface area contributed by atoms with Crippen LogP contribution in [0.1, 0.15) is 5.82 Å². The molecule has 1 heterocycles. The van der Waals surface area contributed by atoms with E-state index in [1.165, 1.54) is 18.2 Å². The number of esters is 1. The van der Waals surface area contributed by atoms with Gasteiger partial charge >= 0.3 is 12.1 Å². The lowest BCUT2D eigenvalue weighted by Gasteiger charge is -2.06. The van der Waals surface area contributed by atoms with Gasteiger partial charge in [0.2, 0.25) is 0 Å². The molecule has 2 N–H and O–H groups in total. The third kappa shape index (κ3) is 6.09. The maximum Gasteiger partial charge on any atom is 0.430 e. The van der Waals surface area contributed by atoms with Crippen LogP contribution in [0.25, 0.3) is 10.6 Å². The molecule has 0 aliphatic carbocycles. The van der Waals surface area contributed by atoms with Crippen molar-refractivity contribution in [3.8, 4) is 10.6 Å². The Morgan fingerprint density at radius 2 is 2.07 bits per heavy atom. The summed E-state index contributed by atoms with van der Waals surface area (Å²) in [6, 6.07) is 5.84. The number of nitrogens with two attached hydrogens (primary N) is 1. The summed E-state index contributed by atoms with van der Waals surface area (Å²) in [5, 5.41) is 0.246. The van der Waals surface area contributed by atoms with Gasteiger partial charge in [-0.05, 0) is 29.7 Å². The van der Waals surface area contributed by atoms with Crippen molar-refractivity contribution in [3.63, 3.8) is 0 Å². The van der Waals surface area contributed by atoms with Gasteiger partial charge in [0.1, 0.15) is 23.0 Å². The predicted octanol–water partition coefficient (Wildman–Crippen LogP) is 1.98. The van der Waals surface area contributed by atoms with Crippen molar-refractivity contribution < 1.29 is 31.1 Å². The Hall–Kier alpha value is -2.80. The van der Waals surface area contributed by atoms with Crippen LogP contribution < -0.4 is 5.73 Å². The summed E-state index contributed by atoms with van der Waals surface area (Å²) in [5.41, 5.74) is 3.62. The highest BCUT2D eigenvalue weighted by Crippen LogP contribution is 2.26. The van der Waals surface area contributed by atoms with E-state index in [2.05, 4.69) is 19.1 Å². The highest BCUT2D eigenvalue weighted by Gasteiger charge is 2.32. The fourth-order valence-corrected chi connectivity index (χ4v) is 3.26. The van der Waals surface area contributed by atoms with Crippen molar-refractivity contribution in [3.05, 3.63) is 41.9 Å². The van der Waals surface area contributed by atoms with Crippen LogP contribution in [-0.2, 0) is 19.4 Å². The van der Waals surface area contributed by atoms with Crippen molar-refractivity contribution in [1.82, 2.24) is 9.36 Å². The first-order valence-corrected chi connectivity index (χ1v) is 10.4. The third-order valence-corrected chi connectivity index (χ3v) is 5.26. The van der Waals surface area contributed by atoms with E-state index in [1.54, 1.807) is 6.07 Å². The summed E-state index contributed by atoms with van der Waals surface area (Å²) >= 11 is 0.821. The fraction of sp³-hybridized carbons (Fsp3) is 0.250. The van der Waals surface area contributed by atoms with Crippen molar-refractivity contribution >= 4 is 33.1 Å². The number of benzene rings is 1. The lowest BCUT2D eigenvalue weighted by Crippen LogP contribution is -2.21. The molecule has 156 valence electrons. The highest BCUT2D eigenvalue weighted by molar-refractivity contribution is 7.90. The molecule has 0 aliphatic rings. The Labute approximate surface area is 168 Å². The first-order valence-electron chi connectivity index (χ1n) is 7.72. The first-order chi connectivity index (χ1) is 13.4. The summed E-state index contributed by atoms with van der Waals surface area (Å²) in [6.07, 6.45) is -3.25. The summed E-state index contributed by atoms with van der Waals surface area (Å²) in [5.74, 6) is -0.983. The van der Waals surface area contributed by atoms with Gasteiger partial charge in [0.25, 0.3) is 0 Å². The second-order valence-corrected chi connectivity index (χ2v) is 8.37. The van der Waals surface area contributed by atoms with E-state index in [0.29, 0.717) is 11.6 Å². The smallest absolute Gasteiger partial charge is 0.430 e. The third-order valence-electron chi connectivity index (χ3n) is 3.39. The molecule has 2 aromatic rings. The lowest BCUT2D eigenvalue weighted by atomic mass is 10.2. The van der Waals surface area contributed by atoms with Gasteiger partial charge in [-0.25, -0.2) is 13.4 Å². The Balaban J connectivity index is 2.47. The molecule has 0 spiro atoms. The predicted molar refractivity (Wildman–Crippen MR) is 100 cm³/mol. The van der Waals surface area contributed by atoms with Gasteiger partial charge in [-0.1, -0.05) is 12.1 Å². The Bertz CT molecular complexity index is 1080. The second kappa shape index (κ2) is 8.69. The van der Waals surface area contributed by atoms with E-state index in [9.17, 15) is 26.4 Å². The minimum absolute atomic E-state index is 0.0487. The molecule has 0 aliphatic heterocycles. The number of aliphatic imine (C=N–C) groups is 1. The van der Waals surface area contributed by atoms with Crippen LogP contribution in [-0.4, -0.2) is 55.5 Å². The number of hydrogen-bond donors (Lipinski definition) is 1. The fourth-order valence-electron chi connectivity index (χ4n) is 1.93. The molecule has 2 rings (SSSR count). The van der Waals surface area contributed by atoms with Crippen molar-refractivity contribution in [2.45, 2.75) is 11.1 Å². The Morgan fingerprint density at radius 3 is 2.66 bits per heavy atom. The number of halogens is 3. The number of sulfone groups is 1. The second-order valence-electron chi connectivity index (χ2n) is 5.60. The van der Waals surface area contributed by atoms with Crippen LogP contribution in [0.3, 0.4) is 0 Å². The Kier molecular flexibility index (Phi) is 6.74. The lowest BCUT2D eigenvalue weighted by molar-refractivity contribution is -0.138. The van der Waals surface area contributed by atoms with Crippen LogP contribution in [0.15, 0.2) is 45.9 Å². The first kappa shape index (κ1) is 22.5. The minimum Gasteiger partial charge on any atom is -0.468 e. The topological polar surface area (TPSA) is 125 Å². The molecule has 13 heteroatoms. The van der Waals surface area contributed by atoms with E-state index < -0.39 is 34.2 Å². The van der Waals surface area contributed by atoms with Crippen LogP contribution in [0.5, 0.6) is 0 Å². The van der Waals surface area contributed by atoms with E-state index in [1.807, 2.05) is 0 Å². The molecule has 0 amide bonds. The van der Waals surface area contributed by atoms with Crippen LogP contribution in [0.2, 0.25) is 0 Å². The molecule has 29 heavy (non-hydrogen) atoms. The summed E-state index contributed by atoms with van der Waals surface area (Å²) in [4.78, 5) is 19.2.